The van der Waals surface area contributed by atoms with Gasteiger partial charge in [0.1, 0.15) is 6.29 Å². The zero-order valence-electron chi connectivity index (χ0n) is 15.7. The molecule has 0 spiro atoms. The molecule has 0 saturated heterocycles. The molecule has 0 bridgehead atoms. The van der Waals surface area contributed by atoms with Crippen LogP contribution in [-0.4, -0.2) is 17.0 Å². The highest BCUT2D eigenvalue weighted by atomic mass is 16.3. The highest BCUT2D eigenvalue weighted by molar-refractivity contribution is 5.55. The van der Waals surface area contributed by atoms with E-state index in [2.05, 4.69) is 6.92 Å². The lowest BCUT2D eigenvalue weighted by Gasteiger charge is -2.61. The Bertz CT molecular complexity index is 484. The van der Waals surface area contributed by atoms with Gasteiger partial charge in [0.2, 0.25) is 0 Å². The van der Waals surface area contributed by atoms with E-state index in [4.69, 9.17) is 0 Å². The average Bonchev–Trinajstić information content (AvgIpc) is 2.59. The first-order valence-electron chi connectivity index (χ1n) is 10.7. The standard InChI is InChI=1S/C22H36O2/c1-3-22-12-10-18-17-9-11-21(2,24)13-15(17)7-8-19(18)20(22)6-4-5-16(22)14-23/h14-20,24H,3-13H2,1-2H3/t15-,16-,17+,18-,19-,20+,21-,22-/m1/s1. The summed E-state index contributed by atoms with van der Waals surface area (Å²) >= 11 is 0. The Morgan fingerprint density at radius 1 is 1.00 bits per heavy atom. The highest BCUT2D eigenvalue weighted by Crippen LogP contribution is 2.64. The van der Waals surface area contributed by atoms with Gasteiger partial charge in [-0.2, -0.15) is 0 Å². The molecule has 0 aromatic heterocycles. The molecule has 0 aromatic carbocycles. The van der Waals surface area contributed by atoms with Crippen LogP contribution in [0.5, 0.6) is 0 Å². The molecular formula is C22H36O2. The maximum Gasteiger partial charge on any atom is 0.123 e. The molecule has 2 nitrogen and oxygen atoms in total. The Morgan fingerprint density at radius 2 is 1.79 bits per heavy atom. The van der Waals surface area contributed by atoms with E-state index < -0.39 is 5.60 Å². The summed E-state index contributed by atoms with van der Waals surface area (Å²) in [6, 6.07) is 0. The summed E-state index contributed by atoms with van der Waals surface area (Å²) in [6.07, 6.45) is 14.9. The summed E-state index contributed by atoms with van der Waals surface area (Å²) in [7, 11) is 0. The summed E-state index contributed by atoms with van der Waals surface area (Å²) in [5, 5.41) is 10.5. The van der Waals surface area contributed by atoms with E-state index in [1.807, 2.05) is 6.92 Å². The van der Waals surface area contributed by atoms with E-state index in [0.717, 1.165) is 48.9 Å². The third-order valence-corrected chi connectivity index (χ3v) is 9.08. The molecule has 24 heavy (non-hydrogen) atoms. The van der Waals surface area contributed by atoms with Crippen molar-refractivity contribution in [3.05, 3.63) is 0 Å². The van der Waals surface area contributed by atoms with Crippen molar-refractivity contribution in [2.24, 2.45) is 40.9 Å². The molecule has 8 atom stereocenters. The molecule has 4 saturated carbocycles. The summed E-state index contributed by atoms with van der Waals surface area (Å²) in [5.74, 6) is 4.49. The fourth-order valence-corrected chi connectivity index (χ4v) is 8.04. The van der Waals surface area contributed by atoms with Crippen molar-refractivity contribution < 1.29 is 9.90 Å². The van der Waals surface area contributed by atoms with Gasteiger partial charge in [-0.3, -0.25) is 0 Å². The van der Waals surface area contributed by atoms with Gasteiger partial charge in [-0.1, -0.05) is 13.3 Å². The van der Waals surface area contributed by atoms with Crippen molar-refractivity contribution in [1.29, 1.82) is 0 Å². The first kappa shape index (κ1) is 17.1. The molecule has 0 aliphatic heterocycles. The second kappa shape index (κ2) is 6.11. The number of aldehydes is 1. The van der Waals surface area contributed by atoms with Crippen LogP contribution in [0.4, 0.5) is 0 Å². The Labute approximate surface area is 147 Å². The fraction of sp³-hybridized carbons (Fsp3) is 0.955. The molecule has 1 N–H and O–H groups in total. The molecule has 2 heteroatoms. The summed E-state index contributed by atoms with van der Waals surface area (Å²) in [4.78, 5) is 11.8. The molecule has 4 aliphatic rings. The van der Waals surface area contributed by atoms with Crippen molar-refractivity contribution in [3.63, 3.8) is 0 Å². The van der Waals surface area contributed by atoms with E-state index in [0.29, 0.717) is 11.3 Å². The number of hydrogen-bond donors (Lipinski definition) is 1. The van der Waals surface area contributed by atoms with Gasteiger partial charge in [0.25, 0.3) is 0 Å². The van der Waals surface area contributed by atoms with Gasteiger partial charge in [0, 0.05) is 5.92 Å². The smallest absolute Gasteiger partial charge is 0.123 e. The summed E-state index contributed by atoms with van der Waals surface area (Å²) < 4.78 is 0. The van der Waals surface area contributed by atoms with Crippen LogP contribution >= 0.6 is 0 Å². The van der Waals surface area contributed by atoms with Gasteiger partial charge < -0.3 is 9.90 Å². The molecule has 0 heterocycles. The largest absolute Gasteiger partial charge is 0.390 e. The minimum Gasteiger partial charge on any atom is -0.390 e. The SMILES string of the molecule is CC[C@]12CC[C@H]3[C@@H](CC[C@@H]4C[C@](C)(O)CC[C@@H]43)[C@@H]1CCC[C@@H]2C=O. The zero-order valence-corrected chi connectivity index (χ0v) is 15.7. The normalized spacial score (nSPS) is 54.3. The molecule has 136 valence electrons. The maximum absolute atomic E-state index is 11.8. The molecular weight excluding hydrogens is 296 g/mol. The van der Waals surface area contributed by atoms with Gasteiger partial charge in [0.05, 0.1) is 5.60 Å². The summed E-state index contributed by atoms with van der Waals surface area (Å²) in [5.41, 5.74) is -0.0859. The minimum absolute atomic E-state index is 0.326. The van der Waals surface area contributed by atoms with E-state index in [1.165, 1.54) is 57.7 Å². The van der Waals surface area contributed by atoms with Crippen LogP contribution < -0.4 is 0 Å². The quantitative estimate of drug-likeness (QED) is 0.724. The van der Waals surface area contributed by atoms with Crippen molar-refractivity contribution >= 4 is 6.29 Å². The predicted octanol–water partition coefficient (Wildman–Crippen LogP) is 4.99. The van der Waals surface area contributed by atoms with Crippen LogP contribution in [0.25, 0.3) is 0 Å². The monoisotopic (exact) mass is 332 g/mol. The summed E-state index contributed by atoms with van der Waals surface area (Å²) in [6.45, 7) is 4.40. The number of carbonyl (C=O) groups excluding carboxylic acids is 1. The van der Waals surface area contributed by atoms with Crippen molar-refractivity contribution in [2.45, 2.75) is 90.1 Å². The molecule has 0 amide bonds. The van der Waals surface area contributed by atoms with Crippen LogP contribution in [0.3, 0.4) is 0 Å². The third kappa shape index (κ3) is 2.50. The van der Waals surface area contributed by atoms with Crippen LogP contribution in [0, 0.1) is 40.9 Å². The third-order valence-electron chi connectivity index (χ3n) is 9.08. The molecule has 0 aromatic rings. The Kier molecular flexibility index (Phi) is 4.34. The number of carbonyl (C=O) groups is 1. The van der Waals surface area contributed by atoms with E-state index >= 15 is 0 Å². The van der Waals surface area contributed by atoms with Gasteiger partial charge >= 0.3 is 0 Å². The second-order valence-corrected chi connectivity index (χ2v) is 9.97. The second-order valence-electron chi connectivity index (χ2n) is 9.97. The predicted molar refractivity (Wildman–Crippen MR) is 96.5 cm³/mol. The lowest BCUT2D eigenvalue weighted by molar-refractivity contribution is -0.144. The molecule has 4 fully saturated rings. The number of aliphatic hydroxyl groups is 1. The number of hydrogen-bond acceptors (Lipinski definition) is 2. The fourth-order valence-electron chi connectivity index (χ4n) is 8.04. The van der Waals surface area contributed by atoms with Crippen LogP contribution in [-0.2, 0) is 4.79 Å². The van der Waals surface area contributed by atoms with E-state index in [-0.39, 0.29) is 0 Å². The number of fused-ring (bicyclic) bond motifs is 5. The lowest BCUT2D eigenvalue weighted by atomic mass is 9.44. The maximum atomic E-state index is 11.8. The Hall–Kier alpha value is -0.370. The average molecular weight is 333 g/mol. The molecule has 0 unspecified atom stereocenters. The van der Waals surface area contributed by atoms with Gasteiger partial charge in [0.15, 0.2) is 0 Å². The topological polar surface area (TPSA) is 37.3 Å². The Balaban J connectivity index is 1.58. The lowest BCUT2D eigenvalue weighted by Crippen LogP contribution is -2.54. The van der Waals surface area contributed by atoms with Crippen molar-refractivity contribution in [2.75, 3.05) is 0 Å². The first-order valence-corrected chi connectivity index (χ1v) is 10.7. The van der Waals surface area contributed by atoms with Gasteiger partial charge in [-0.05, 0) is 106 Å². The van der Waals surface area contributed by atoms with Crippen LogP contribution in [0.2, 0.25) is 0 Å². The molecule has 4 aliphatic carbocycles. The van der Waals surface area contributed by atoms with E-state index in [1.54, 1.807) is 0 Å². The Morgan fingerprint density at radius 3 is 2.54 bits per heavy atom. The zero-order chi connectivity index (χ0) is 16.9. The van der Waals surface area contributed by atoms with Crippen molar-refractivity contribution in [3.8, 4) is 0 Å². The van der Waals surface area contributed by atoms with Crippen LogP contribution in [0.1, 0.15) is 84.5 Å². The van der Waals surface area contributed by atoms with Gasteiger partial charge in [-0.25, -0.2) is 0 Å². The van der Waals surface area contributed by atoms with Gasteiger partial charge in [-0.15, -0.1) is 0 Å². The minimum atomic E-state index is -0.413. The van der Waals surface area contributed by atoms with Crippen molar-refractivity contribution in [1.82, 2.24) is 0 Å². The van der Waals surface area contributed by atoms with Crippen LogP contribution in [0.15, 0.2) is 0 Å². The molecule has 0 radical (unpaired) electrons. The first-order chi connectivity index (χ1) is 11.5. The molecule has 4 rings (SSSR count). The number of rotatable bonds is 2. The van der Waals surface area contributed by atoms with E-state index in [9.17, 15) is 9.90 Å². The highest BCUT2D eigenvalue weighted by Gasteiger charge is 2.57.